The number of hydrogen-bond donors (Lipinski definition) is 0. The fourth-order valence-electron chi connectivity index (χ4n) is 3.26. The number of rotatable bonds is 2. The zero-order valence-corrected chi connectivity index (χ0v) is 13.8. The van der Waals surface area contributed by atoms with Gasteiger partial charge in [0.1, 0.15) is 23.7 Å². The average Bonchev–Trinajstić information content (AvgIpc) is 2.73. The van der Waals surface area contributed by atoms with Crippen molar-refractivity contribution < 1.29 is 18.7 Å². The highest BCUT2D eigenvalue weighted by atomic mass is 19.1. The summed E-state index contributed by atoms with van der Waals surface area (Å²) >= 11 is 0. The number of benzene rings is 1. The van der Waals surface area contributed by atoms with Crippen LogP contribution in [0.15, 0.2) is 18.2 Å². The highest BCUT2D eigenvalue weighted by Gasteiger charge is 2.46. The molecule has 5 nitrogen and oxygen atoms in total. The molecule has 0 aliphatic carbocycles. The molecule has 1 atom stereocenters. The summed E-state index contributed by atoms with van der Waals surface area (Å²) in [5.41, 5.74) is 0.0121. The van der Waals surface area contributed by atoms with Crippen molar-refractivity contribution in [1.29, 1.82) is 0 Å². The molecule has 3 rings (SSSR count). The Labute approximate surface area is 135 Å². The molecule has 0 spiro atoms. The van der Waals surface area contributed by atoms with Crippen LogP contribution in [0, 0.1) is 5.82 Å². The summed E-state index contributed by atoms with van der Waals surface area (Å²) < 4.78 is 19.6. The lowest BCUT2D eigenvalue weighted by Gasteiger charge is -2.40. The van der Waals surface area contributed by atoms with Gasteiger partial charge in [0.2, 0.25) is 0 Å². The van der Waals surface area contributed by atoms with E-state index in [9.17, 15) is 14.0 Å². The van der Waals surface area contributed by atoms with Crippen LogP contribution in [0.4, 0.5) is 9.18 Å². The third kappa shape index (κ3) is 2.66. The lowest BCUT2D eigenvalue weighted by atomic mass is 9.88. The summed E-state index contributed by atoms with van der Waals surface area (Å²) in [4.78, 5) is 27.9. The smallest absolute Gasteiger partial charge is 0.328 e. The maximum absolute atomic E-state index is 13.7. The van der Waals surface area contributed by atoms with E-state index in [4.69, 9.17) is 4.74 Å². The standard InChI is InChI=1S/C17H21FN2O3/c1-10(2)19-9-15(21)20(16(19)22)13-8-17(3,4)23-14-6-5-11(18)7-12(13)14/h5-7,10,13H,8-9H2,1-4H3/t13-/m0/s1. The zero-order valence-electron chi connectivity index (χ0n) is 13.8. The van der Waals surface area contributed by atoms with E-state index in [2.05, 4.69) is 0 Å². The second-order valence-corrected chi connectivity index (χ2v) is 7.03. The molecule has 0 radical (unpaired) electrons. The first-order valence-corrected chi connectivity index (χ1v) is 7.81. The molecule has 1 saturated heterocycles. The number of halogens is 1. The van der Waals surface area contributed by atoms with Gasteiger partial charge in [-0.3, -0.25) is 9.69 Å². The first-order valence-electron chi connectivity index (χ1n) is 7.81. The topological polar surface area (TPSA) is 49.9 Å². The van der Waals surface area contributed by atoms with Gasteiger partial charge < -0.3 is 9.64 Å². The van der Waals surface area contributed by atoms with Crippen molar-refractivity contribution in [3.05, 3.63) is 29.6 Å². The molecule has 2 aliphatic rings. The van der Waals surface area contributed by atoms with Gasteiger partial charge in [0, 0.05) is 18.0 Å². The second-order valence-electron chi connectivity index (χ2n) is 7.03. The Morgan fingerprint density at radius 1 is 1.30 bits per heavy atom. The number of urea groups is 1. The van der Waals surface area contributed by atoms with Crippen molar-refractivity contribution in [2.75, 3.05) is 6.54 Å². The van der Waals surface area contributed by atoms with Crippen LogP contribution in [0.25, 0.3) is 0 Å². The van der Waals surface area contributed by atoms with Crippen LogP contribution in [-0.4, -0.2) is 39.9 Å². The van der Waals surface area contributed by atoms with Crippen molar-refractivity contribution in [2.24, 2.45) is 0 Å². The maximum atomic E-state index is 13.7. The van der Waals surface area contributed by atoms with Crippen molar-refractivity contribution in [1.82, 2.24) is 9.80 Å². The molecule has 0 saturated carbocycles. The summed E-state index contributed by atoms with van der Waals surface area (Å²) in [5.74, 6) is -0.130. The minimum absolute atomic E-state index is 0.0590. The molecule has 0 aromatic heterocycles. The summed E-state index contributed by atoms with van der Waals surface area (Å²) in [6, 6.07) is 3.36. The molecule has 0 N–H and O–H groups in total. The molecule has 3 amide bonds. The van der Waals surface area contributed by atoms with Gasteiger partial charge in [-0.25, -0.2) is 9.18 Å². The molecule has 1 fully saturated rings. The minimum atomic E-state index is -0.540. The lowest BCUT2D eigenvalue weighted by molar-refractivity contribution is -0.128. The van der Waals surface area contributed by atoms with Crippen LogP contribution in [0.3, 0.4) is 0 Å². The highest BCUT2D eigenvalue weighted by molar-refractivity contribution is 6.02. The zero-order chi connectivity index (χ0) is 16.9. The van der Waals surface area contributed by atoms with Gasteiger partial charge in [0.05, 0.1) is 6.04 Å². The molecule has 124 valence electrons. The molecule has 2 heterocycles. The Balaban J connectivity index is 2.04. The predicted molar refractivity (Wildman–Crippen MR) is 82.5 cm³/mol. The van der Waals surface area contributed by atoms with E-state index in [0.717, 1.165) is 0 Å². The van der Waals surface area contributed by atoms with Gasteiger partial charge in [0.25, 0.3) is 5.91 Å². The fourth-order valence-corrected chi connectivity index (χ4v) is 3.26. The summed E-state index contributed by atoms with van der Waals surface area (Å²) in [6.07, 6.45) is 0.437. The van der Waals surface area contributed by atoms with Gasteiger partial charge in [-0.15, -0.1) is 0 Å². The number of fused-ring (bicyclic) bond motifs is 1. The van der Waals surface area contributed by atoms with Crippen LogP contribution >= 0.6 is 0 Å². The Morgan fingerprint density at radius 2 is 2.00 bits per heavy atom. The molecule has 0 unspecified atom stereocenters. The van der Waals surface area contributed by atoms with E-state index in [1.54, 1.807) is 6.07 Å². The monoisotopic (exact) mass is 320 g/mol. The number of imide groups is 1. The van der Waals surface area contributed by atoms with E-state index >= 15 is 0 Å². The number of carbonyl (C=O) groups excluding carboxylic acids is 2. The van der Waals surface area contributed by atoms with Crippen LogP contribution in [0.2, 0.25) is 0 Å². The van der Waals surface area contributed by atoms with Crippen molar-refractivity contribution >= 4 is 11.9 Å². The predicted octanol–water partition coefficient (Wildman–Crippen LogP) is 3.10. The molecular weight excluding hydrogens is 299 g/mol. The molecule has 1 aromatic rings. The van der Waals surface area contributed by atoms with E-state index < -0.39 is 17.5 Å². The van der Waals surface area contributed by atoms with Crippen LogP contribution < -0.4 is 4.74 Å². The van der Waals surface area contributed by atoms with Gasteiger partial charge in [-0.2, -0.15) is 0 Å². The van der Waals surface area contributed by atoms with Crippen molar-refractivity contribution in [3.8, 4) is 5.75 Å². The molecule has 23 heavy (non-hydrogen) atoms. The number of ether oxygens (including phenoxy) is 1. The van der Waals surface area contributed by atoms with Gasteiger partial charge in [-0.05, 0) is 45.9 Å². The Bertz CT molecular complexity index is 672. The third-order valence-corrected chi connectivity index (χ3v) is 4.36. The van der Waals surface area contributed by atoms with Crippen LogP contribution in [-0.2, 0) is 4.79 Å². The maximum Gasteiger partial charge on any atom is 0.328 e. The normalized spacial score (nSPS) is 23.3. The van der Waals surface area contributed by atoms with Crippen molar-refractivity contribution in [3.63, 3.8) is 0 Å². The summed E-state index contributed by atoms with van der Waals surface area (Å²) in [5, 5.41) is 0. The number of hydrogen-bond acceptors (Lipinski definition) is 3. The third-order valence-electron chi connectivity index (χ3n) is 4.36. The van der Waals surface area contributed by atoms with Crippen molar-refractivity contribution in [2.45, 2.75) is 51.8 Å². The first kappa shape index (κ1) is 15.8. The molecular formula is C17H21FN2O3. The Hall–Kier alpha value is -2.11. The minimum Gasteiger partial charge on any atom is -0.487 e. The van der Waals surface area contributed by atoms with E-state index in [1.165, 1.54) is 21.9 Å². The Morgan fingerprint density at radius 3 is 2.61 bits per heavy atom. The molecule has 2 aliphatic heterocycles. The fraction of sp³-hybridized carbons (Fsp3) is 0.529. The number of carbonyl (C=O) groups is 2. The van der Waals surface area contributed by atoms with Crippen LogP contribution in [0.5, 0.6) is 5.75 Å². The quantitative estimate of drug-likeness (QED) is 0.787. The van der Waals surface area contributed by atoms with Gasteiger partial charge in [0.15, 0.2) is 0 Å². The SMILES string of the molecule is CC(C)N1CC(=O)N([C@H]2CC(C)(C)Oc3ccc(F)cc32)C1=O. The van der Waals surface area contributed by atoms with Gasteiger partial charge in [-0.1, -0.05) is 0 Å². The highest BCUT2D eigenvalue weighted by Crippen LogP contribution is 2.44. The summed E-state index contributed by atoms with van der Waals surface area (Å²) in [6.45, 7) is 7.61. The van der Waals surface area contributed by atoms with Crippen LogP contribution in [0.1, 0.15) is 45.7 Å². The van der Waals surface area contributed by atoms with E-state index in [1.807, 2.05) is 27.7 Å². The Kier molecular flexibility index (Phi) is 3.58. The van der Waals surface area contributed by atoms with Gasteiger partial charge >= 0.3 is 6.03 Å². The number of nitrogens with zero attached hydrogens (tertiary/aromatic N) is 2. The first-order chi connectivity index (χ1) is 10.7. The molecule has 1 aromatic carbocycles. The number of amides is 3. The largest absolute Gasteiger partial charge is 0.487 e. The second kappa shape index (κ2) is 5.22. The summed E-state index contributed by atoms with van der Waals surface area (Å²) in [7, 11) is 0. The molecule has 6 heteroatoms. The van der Waals surface area contributed by atoms with E-state index in [-0.39, 0.29) is 24.5 Å². The average molecular weight is 320 g/mol. The van der Waals surface area contributed by atoms with E-state index in [0.29, 0.717) is 17.7 Å². The lowest BCUT2D eigenvalue weighted by Crippen LogP contribution is -2.45. The molecule has 0 bridgehead atoms.